The molecular weight excluding hydrogens is 352 g/mol. The molecule has 5 rings (SSSR count). The van der Waals surface area contributed by atoms with Crippen molar-refractivity contribution in [1.82, 2.24) is 0 Å². The molecule has 0 unspecified atom stereocenters. The van der Waals surface area contributed by atoms with Gasteiger partial charge in [0.25, 0.3) is 0 Å². The molecule has 136 valence electrons. The smallest absolute Gasteiger partial charge is 0.158 e. The van der Waals surface area contributed by atoms with E-state index >= 15 is 0 Å². The molecular formula is C24H16O4. The molecule has 4 aromatic carbocycles. The van der Waals surface area contributed by atoms with Crippen LogP contribution in [0.5, 0.6) is 23.0 Å². The van der Waals surface area contributed by atoms with Crippen LogP contribution in [0.15, 0.2) is 72.8 Å². The van der Waals surface area contributed by atoms with Gasteiger partial charge in [-0.3, -0.25) is 0 Å². The maximum absolute atomic E-state index is 10.1. The predicted molar refractivity (Wildman–Crippen MR) is 109 cm³/mol. The van der Waals surface area contributed by atoms with Crippen molar-refractivity contribution in [3.05, 3.63) is 95.1 Å². The van der Waals surface area contributed by atoms with Crippen LogP contribution in [0, 0.1) is 0 Å². The summed E-state index contributed by atoms with van der Waals surface area (Å²) < 4.78 is 0. The van der Waals surface area contributed by atoms with Gasteiger partial charge in [0.1, 0.15) is 0 Å². The van der Waals surface area contributed by atoms with Crippen molar-refractivity contribution in [2.75, 3.05) is 0 Å². The van der Waals surface area contributed by atoms with Gasteiger partial charge in [0.2, 0.25) is 0 Å². The lowest BCUT2D eigenvalue weighted by Gasteiger charge is -2.12. The van der Waals surface area contributed by atoms with Gasteiger partial charge in [-0.05, 0) is 68.4 Å². The SMILES string of the molecule is Oc1ccc(C2=C(c3ccc(O)c(O)c3)c3cccc4cccc2c34)cc1O. The van der Waals surface area contributed by atoms with E-state index in [-0.39, 0.29) is 23.0 Å². The third-order valence-corrected chi connectivity index (χ3v) is 5.22. The summed E-state index contributed by atoms with van der Waals surface area (Å²) in [5, 5.41) is 41.8. The van der Waals surface area contributed by atoms with Crippen molar-refractivity contribution in [3.63, 3.8) is 0 Å². The van der Waals surface area contributed by atoms with Crippen LogP contribution in [0.1, 0.15) is 22.3 Å². The standard InChI is InChI=1S/C24H16O4/c25-18-9-7-14(11-20(18)27)23-16-5-1-3-13-4-2-6-17(22(13)16)24(23)15-8-10-19(26)21(28)12-15/h1-12,25-28H. The fraction of sp³-hybridized carbons (Fsp3) is 0. The van der Waals surface area contributed by atoms with Gasteiger partial charge < -0.3 is 20.4 Å². The second-order valence-corrected chi connectivity index (χ2v) is 6.87. The average Bonchev–Trinajstić information content (AvgIpc) is 3.03. The summed E-state index contributed by atoms with van der Waals surface area (Å²) in [6.07, 6.45) is 0. The van der Waals surface area contributed by atoms with Crippen molar-refractivity contribution in [1.29, 1.82) is 0 Å². The minimum Gasteiger partial charge on any atom is -0.504 e. The molecule has 28 heavy (non-hydrogen) atoms. The first-order valence-corrected chi connectivity index (χ1v) is 8.86. The quantitative estimate of drug-likeness (QED) is 0.331. The maximum Gasteiger partial charge on any atom is 0.158 e. The molecule has 0 heterocycles. The Bertz CT molecular complexity index is 1210. The van der Waals surface area contributed by atoms with Crippen LogP contribution in [0.2, 0.25) is 0 Å². The van der Waals surface area contributed by atoms with E-state index in [0.717, 1.165) is 44.2 Å². The summed E-state index contributed by atoms with van der Waals surface area (Å²) in [5.41, 5.74) is 5.32. The van der Waals surface area contributed by atoms with Gasteiger partial charge in [0.15, 0.2) is 23.0 Å². The number of phenols is 4. The third kappa shape index (κ3) is 2.25. The van der Waals surface area contributed by atoms with E-state index in [1.165, 1.54) is 24.3 Å². The van der Waals surface area contributed by atoms with Gasteiger partial charge in [-0.25, -0.2) is 0 Å². The average molecular weight is 368 g/mol. The van der Waals surface area contributed by atoms with Gasteiger partial charge in [-0.15, -0.1) is 0 Å². The van der Waals surface area contributed by atoms with Gasteiger partial charge in [0.05, 0.1) is 0 Å². The van der Waals surface area contributed by atoms with Crippen LogP contribution in [0.4, 0.5) is 0 Å². The normalized spacial score (nSPS) is 12.7. The molecule has 0 fully saturated rings. The summed E-state index contributed by atoms with van der Waals surface area (Å²) in [7, 11) is 0. The highest BCUT2D eigenvalue weighted by Crippen LogP contribution is 2.49. The molecule has 0 amide bonds. The summed E-state index contributed by atoms with van der Waals surface area (Å²) >= 11 is 0. The molecule has 4 heteroatoms. The predicted octanol–water partition coefficient (Wildman–Crippen LogP) is 4.98. The Balaban J connectivity index is 1.90. The van der Waals surface area contributed by atoms with Crippen LogP contribution < -0.4 is 0 Å². The highest BCUT2D eigenvalue weighted by Gasteiger charge is 2.27. The number of aromatic hydroxyl groups is 4. The van der Waals surface area contributed by atoms with Crippen LogP contribution in [-0.4, -0.2) is 20.4 Å². The van der Waals surface area contributed by atoms with Crippen LogP contribution >= 0.6 is 0 Å². The largest absolute Gasteiger partial charge is 0.504 e. The fourth-order valence-corrected chi connectivity index (χ4v) is 3.98. The Hall–Kier alpha value is -3.92. The number of phenolic OH excluding ortho intramolecular Hbond substituents is 4. The molecule has 0 saturated heterocycles. The van der Waals surface area contributed by atoms with Gasteiger partial charge >= 0.3 is 0 Å². The number of hydrogen-bond donors (Lipinski definition) is 4. The zero-order valence-corrected chi connectivity index (χ0v) is 14.7. The first-order chi connectivity index (χ1) is 13.5. The van der Waals surface area contributed by atoms with Gasteiger partial charge in [-0.2, -0.15) is 0 Å². The second kappa shape index (κ2) is 5.79. The van der Waals surface area contributed by atoms with Crippen LogP contribution in [0.3, 0.4) is 0 Å². The Morgan fingerprint density at radius 2 is 0.929 bits per heavy atom. The molecule has 0 aromatic heterocycles. The van der Waals surface area contributed by atoms with E-state index in [0.29, 0.717) is 0 Å². The van der Waals surface area contributed by atoms with Crippen molar-refractivity contribution < 1.29 is 20.4 Å². The van der Waals surface area contributed by atoms with Crippen LogP contribution in [-0.2, 0) is 0 Å². The Morgan fingerprint density at radius 1 is 0.464 bits per heavy atom. The van der Waals surface area contributed by atoms with E-state index in [4.69, 9.17) is 0 Å². The molecule has 0 spiro atoms. The molecule has 4 nitrogen and oxygen atoms in total. The van der Waals surface area contributed by atoms with Crippen molar-refractivity contribution >= 4 is 21.9 Å². The lowest BCUT2D eigenvalue weighted by molar-refractivity contribution is 0.403. The molecule has 4 aromatic rings. The van der Waals surface area contributed by atoms with Crippen molar-refractivity contribution in [2.45, 2.75) is 0 Å². The molecule has 0 aliphatic heterocycles. The Morgan fingerprint density at radius 3 is 1.36 bits per heavy atom. The maximum atomic E-state index is 10.1. The van der Waals surface area contributed by atoms with E-state index in [1.54, 1.807) is 12.1 Å². The summed E-state index contributed by atoms with van der Waals surface area (Å²) in [5.74, 6) is -0.745. The van der Waals surface area contributed by atoms with Crippen molar-refractivity contribution in [3.8, 4) is 23.0 Å². The zero-order valence-electron chi connectivity index (χ0n) is 14.7. The minimum atomic E-state index is -0.193. The Labute approximate surface area is 160 Å². The molecule has 0 saturated carbocycles. The molecule has 0 radical (unpaired) electrons. The molecule has 1 aliphatic rings. The van der Waals surface area contributed by atoms with E-state index in [2.05, 4.69) is 0 Å². The van der Waals surface area contributed by atoms with E-state index in [1.807, 2.05) is 36.4 Å². The highest BCUT2D eigenvalue weighted by molar-refractivity contribution is 6.20. The highest BCUT2D eigenvalue weighted by atomic mass is 16.3. The third-order valence-electron chi connectivity index (χ3n) is 5.22. The van der Waals surface area contributed by atoms with Crippen LogP contribution in [0.25, 0.3) is 21.9 Å². The van der Waals surface area contributed by atoms with E-state index < -0.39 is 0 Å². The summed E-state index contributed by atoms with van der Waals surface area (Å²) in [6.45, 7) is 0. The number of rotatable bonds is 2. The lowest BCUT2D eigenvalue weighted by Crippen LogP contribution is -1.91. The minimum absolute atomic E-state index is 0.179. The zero-order chi connectivity index (χ0) is 19.4. The first-order valence-electron chi connectivity index (χ1n) is 8.86. The summed E-state index contributed by atoms with van der Waals surface area (Å²) in [4.78, 5) is 0. The summed E-state index contributed by atoms with van der Waals surface area (Å²) in [6, 6.07) is 21.6. The van der Waals surface area contributed by atoms with Gasteiger partial charge in [0, 0.05) is 0 Å². The van der Waals surface area contributed by atoms with Gasteiger partial charge in [-0.1, -0.05) is 48.5 Å². The first kappa shape index (κ1) is 16.3. The molecule has 4 N–H and O–H groups in total. The number of hydrogen-bond acceptors (Lipinski definition) is 4. The van der Waals surface area contributed by atoms with Crippen molar-refractivity contribution in [2.24, 2.45) is 0 Å². The molecule has 1 aliphatic carbocycles. The topological polar surface area (TPSA) is 80.9 Å². The lowest BCUT2D eigenvalue weighted by atomic mass is 9.92. The number of benzene rings is 4. The fourth-order valence-electron chi connectivity index (χ4n) is 3.98. The molecule has 0 atom stereocenters. The Kier molecular flexibility index (Phi) is 3.36. The molecule has 0 bridgehead atoms. The second-order valence-electron chi connectivity index (χ2n) is 6.87. The monoisotopic (exact) mass is 368 g/mol. The van der Waals surface area contributed by atoms with E-state index in [9.17, 15) is 20.4 Å².